The molecule has 2 aliphatic carbocycles. The second-order valence-corrected chi connectivity index (χ2v) is 4.27. The fourth-order valence-electron chi connectivity index (χ4n) is 2.93. The topological polar surface area (TPSA) is 0 Å². The lowest BCUT2D eigenvalue weighted by Gasteiger charge is -2.32. The van der Waals surface area contributed by atoms with Crippen LogP contribution in [-0.2, 0) is 0 Å². The van der Waals surface area contributed by atoms with Crippen LogP contribution in [-0.4, -0.2) is 11.0 Å². The fraction of sp³-hybridized carbons (Fsp3) is 1.00. The van der Waals surface area contributed by atoms with E-state index in [-0.39, 0.29) is 11.0 Å². The molecule has 2 aliphatic rings. The third-order valence-electron chi connectivity index (χ3n) is 3.58. The zero-order valence-electron chi connectivity index (χ0n) is 7.36. The van der Waals surface area contributed by atoms with Crippen molar-refractivity contribution in [3.63, 3.8) is 0 Å². The van der Waals surface area contributed by atoms with Gasteiger partial charge >= 0.3 is 0 Å². The van der Waals surface area contributed by atoms with Gasteiger partial charge in [-0.1, -0.05) is 32.1 Å². The lowest BCUT2D eigenvalue weighted by atomic mass is 9.73. The number of hydrogen-bond donors (Lipinski definition) is 0. The molecule has 0 atom stereocenters. The zero-order valence-corrected chi connectivity index (χ0v) is 8.36. The molecule has 1 heteroatoms. The van der Waals surface area contributed by atoms with Gasteiger partial charge in [-0.15, -0.1) is 0 Å². The zero-order chi connectivity index (χ0) is 6.86. The third kappa shape index (κ3) is 1.87. The molecule has 0 saturated heterocycles. The maximum Gasteiger partial charge on any atom is 0 e. The smallest absolute Gasteiger partial charge is 0 e. The maximum atomic E-state index is 1.56. The highest BCUT2D eigenvalue weighted by Gasteiger charge is 2.34. The van der Waals surface area contributed by atoms with E-state index < -0.39 is 0 Å². The van der Waals surface area contributed by atoms with E-state index in [4.69, 9.17) is 0 Å². The first-order valence-corrected chi connectivity index (χ1v) is 4.91. The monoisotopic (exact) mass is 166 g/mol. The minimum atomic E-state index is 0. The molecular weight excluding hydrogens is 148 g/mol. The van der Waals surface area contributed by atoms with E-state index in [1.165, 1.54) is 32.1 Å². The van der Waals surface area contributed by atoms with Crippen molar-refractivity contribution in [2.45, 2.75) is 57.8 Å². The Balaban J connectivity index is 0.000000605. The molecule has 2 rings (SSSR count). The quantitative estimate of drug-likeness (QED) is 0.485. The Bertz CT molecular complexity index is 106. The SMILES string of the molecule is C1CCC2(CC1)CCCC2.[Si]. The van der Waals surface area contributed by atoms with Crippen molar-refractivity contribution < 1.29 is 0 Å². The first-order valence-electron chi connectivity index (χ1n) is 4.91. The predicted octanol–water partition coefficient (Wildman–Crippen LogP) is 3.13. The fourth-order valence-corrected chi connectivity index (χ4v) is 2.93. The van der Waals surface area contributed by atoms with Crippen LogP contribution in [0, 0.1) is 5.41 Å². The van der Waals surface area contributed by atoms with E-state index in [0.717, 1.165) is 5.41 Å². The normalized spacial score (nSPS) is 28.4. The largest absolute Gasteiger partial charge is 0.0533 e. The third-order valence-corrected chi connectivity index (χ3v) is 3.58. The summed E-state index contributed by atoms with van der Waals surface area (Å²) < 4.78 is 0. The molecule has 0 bridgehead atoms. The molecule has 1 spiro atoms. The van der Waals surface area contributed by atoms with E-state index in [9.17, 15) is 0 Å². The van der Waals surface area contributed by atoms with E-state index in [2.05, 4.69) is 0 Å². The summed E-state index contributed by atoms with van der Waals surface area (Å²) in [5, 5.41) is 0. The molecule has 62 valence electrons. The predicted molar refractivity (Wildman–Crippen MR) is 49.7 cm³/mol. The molecule has 0 nitrogen and oxygen atoms in total. The first-order chi connectivity index (χ1) is 4.91. The Hall–Kier alpha value is 0.217. The maximum absolute atomic E-state index is 1.56. The van der Waals surface area contributed by atoms with Gasteiger partial charge in [0.05, 0.1) is 0 Å². The van der Waals surface area contributed by atoms with Crippen molar-refractivity contribution >= 4 is 11.0 Å². The summed E-state index contributed by atoms with van der Waals surface area (Å²) in [6, 6.07) is 0. The Labute approximate surface area is 74.8 Å². The van der Waals surface area contributed by atoms with Gasteiger partial charge in [0.15, 0.2) is 0 Å². The van der Waals surface area contributed by atoms with Gasteiger partial charge in [-0.2, -0.15) is 0 Å². The highest BCUT2D eigenvalue weighted by molar-refractivity contribution is 5.75. The van der Waals surface area contributed by atoms with Crippen LogP contribution in [0.1, 0.15) is 57.8 Å². The van der Waals surface area contributed by atoms with Crippen LogP contribution in [0.4, 0.5) is 0 Å². The molecule has 4 radical (unpaired) electrons. The van der Waals surface area contributed by atoms with Gasteiger partial charge in [-0.25, -0.2) is 0 Å². The summed E-state index contributed by atoms with van der Waals surface area (Å²) in [6.07, 6.45) is 13.9. The van der Waals surface area contributed by atoms with Gasteiger partial charge in [-0.05, 0) is 31.1 Å². The molecule has 0 aromatic heterocycles. The molecule has 2 saturated carbocycles. The average Bonchev–Trinajstić information content (AvgIpc) is 2.39. The van der Waals surface area contributed by atoms with Gasteiger partial charge in [0.2, 0.25) is 0 Å². The summed E-state index contributed by atoms with van der Waals surface area (Å²) in [5.74, 6) is 0. The molecule has 0 unspecified atom stereocenters. The lowest BCUT2D eigenvalue weighted by molar-refractivity contribution is 0.197. The summed E-state index contributed by atoms with van der Waals surface area (Å²) in [4.78, 5) is 0. The first kappa shape index (κ1) is 9.31. The van der Waals surface area contributed by atoms with Crippen molar-refractivity contribution in [2.24, 2.45) is 5.41 Å². The van der Waals surface area contributed by atoms with Gasteiger partial charge in [0.25, 0.3) is 0 Å². The lowest BCUT2D eigenvalue weighted by Crippen LogP contribution is -2.19. The van der Waals surface area contributed by atoms with Gasteiger partial charge < -0.3 is 0 Å². The van der Waals surface area contributed by atoms with Crippen LogP contribution >= 0.6 is 0 Å². The van der Waals surface area contributed by atoms with Crippen molar-refractivity contribution in [2.75, 3.05) is 0 Å². The van der Waals surface area contributed by atoms with Crippen molar-refractivity contribution in [1.82, 2.24) is 0 Å². The van der Waals surface area contributed by atoms with E-state index in [0.29, 0.717) is 0 Å². The van der Waals surface area contributed by atoms with E-state index in [1.807, 2.05) is 0 Å². The summed E-state index contributed by atoms with van der Waals surface area (Å²) in [7, 11) is 0. The van der Waals surface area contributed by atoms with Crippen LogP contribution in [0.2, 0.25) is 0 Å². The minimum absolute atomic E-state index is 0. The van der Waals surface area contributed by atoms with Crippen LogP contribution in [0.15, 0.2) is 0 Å². The Morgan fingerprint density at radius 1 is 0.545 bits per heavy atom. The van der Waals surface area contributed by atoms with Crippen LogP contribution < -0.4 is 0 Å². The van der Waals surface area contributed by atoms with Crippen molar-refractivity contribution in [3.05, 3.63) is 0 Å². The second kappa shape index (κ2) is 3.75. The van der Waals surface area contributed by atoms with Gasteiger partial charge in [0.1, 0.15) is 0 Å². The molecule has 2 fully saturated rings. The van der Waals surface area contributed by atoms with Crippen molar-refractivity contribution in [1.29, 1.82) is 0 Å². The summed E-state index contributed by atoms with van der Waals surface area (Å²) in [6.45, 7) is 0. The molecule has 11 heavy (non-hydrogen) atoms. The average molecular weight is 166 g/mol. The number of hydrogen-bond acceptors (Lipinski definition) is 0. The summed E-state index contributed by atoms with van der Waals surface area (Å²) >= 11 is 0. The van der Waals surface area contributed by atoms with Crippen LogP contribution in [0.5, 0.6) is 0 Å². The molecule has 0 aromatic rings. The molecule has 0 amide bonds. The standard InChI is InChI=1S/C10H18.Si/c1-2-6-10(7-3-1)8-4-5-9-10;/h1-9H2;. The van der Waals surface area contributed by atoms with E-state index >= 15 is 0 Å². The molecule has 0 N–H and O–H groups in total. The molecule has 0 heterocycles. The Morgan fingerprint density at radius 3 is 1.36 bits per heavy atom. The van der Waals surface area contributed by atoms with Gasteiger partial charge in [-0.3, -0.25) is 0 Å². The molecule has 0 aromatic carbocycles. The highest BCUT2D eigenvalue weighted by Crippen LogP contribution is 2.48. The minimum Gasteiger partial charge on any atom is -0.0533 e. The van der Waals surface area contributed by atoms with Gasteiger partial charge in [0, 0.05) is 11.0 Å². The van der Waals surface area contributed by atoms with Crippen molar-refractivity contribution in [3.8, 4) is 0 Å². The Kier molecular flexibility index (Phi) is 3.17. The van der Waals surface area contributed by atoms with Crippen LogP contribution in [0.3, 0.4) is 0 Å². The van der Waals surface area contributed by atoms with Crippen LogP contribution in [0.25, 0.3) is 0 Å². The summed E-state index contributed by atoms with van der Waals surface area (Å²) in [5.41, 5.74) is 0.873. The van der Waals surface area contributed by atoms with E-state index in [1.54, 1.807) is 25.7 Å². The molecular formula is C10H18Si. The second-order valence-electron chi connectivity index (χ2n) is 4.27. The Morgan fingerprint density at radius 2 is 0.909 bits per heavy atom. The molecule has 0 aliphatic heterocycles. The highest BCUT2D eigenvalue weighted by atomic mass is 28.1. The number of rotatable bonds is 0.